The van der Waals surface area contributed by atoms with Gasteiger partial charge in [0.05, 0.1) is 16.2 Å². The third kappa shape index (κ3) is 6.75. The van der Waals surface area contributed by atoms with Gasteiger partial charge in [0.1, 0.15) is 10.6 Å². The Morgan fingerprint density at radius 1 is 0.930 bits per heavy atom. The summed E-state index contributed by atoms with van der Waals surface area (Å²) >= 11 is 7.37. The first-order valence-electron chi connectivity index (χ1n) is 12.7. The van der Waals surface area contributed by atoms with Crippen LogP contribution < -0.4 is 15.5 Å². The molecule has 10 nitrogen and oxygen atoms in total. The number of carbonyl (C=O) groups is 3. The number of hydrazone groups is 1. The van der Waals surface area contributed by atoms with Crippen LogP contribution in [0.15, 0.2) is 96.1 Å². The molecule has 0 saturated heterocycles. The molecule has 5 rings (SSSR count). The molecular weight excluding hydrogens is 592 g/mol. The number of amides is 2. The molecule has 1 aromatic heterocycles. The number of halogens is 1. The Hall–Kier alpha value is -5.39. The molecule has 0 unspecified atom stereocenters. The highest BCUT2D eigenvalue weighted by molar-refractivity contribution is 7.21. The van der Waals surface area contributed by atoms with Gasteiger partial charge in [-0.2, -0.15) is 5.10 Å². The summed E-state index contributed by atoms with van der Waals surface area (Å²) in [4.78, 5) is 48.6. The van der Waals surface area contributed by atoms with E-state index in [-0.39, 0.29) is 27.2 Å². The molecule has 0 aliphatic heterocycles. The van der Waals surface area contributed by atoms with Gasteiger partial charge in [-0.15, -0.1) is 11.3 Å². The Bertz CT molecular complexity index is 1900. The number of esters is 1. The Balaban J connectivity index is 1.22. The summed E-state index contributed by atoms with van der Waals surface area (Å²) in [5.74, 6) is -1.33. The van der Waals surface area contributed by atoms with Gasteiger partial charge in [0.25, 0.3) is 17.5 Å². The van der Waals surface area contributed by atoms with E-state index in [4.69, 9.17) is 16.3 Å². The molecule has 0 spiro atoms. The van der Waals surface area contributed by atoms with E-state index in [1.54, 1.807) is 60.7 Å². The number of para-hydroxylation sites is 1. The minimum Gasteiger partial charge on any atom is -0.422 e. The molecule has 43 heavy (non-hydrogen) atoms. The number of nitro benzene ring substituents is 1. The lowest BCUT2D eigenvalue weighted by atomic mass is 10.1. The molecule has 0 aliphatic carbocycles. The number of nitrogens with zero attached hydrogens (tertiary/aromatic N) is 2. The zero-order valence-electron chi connectivity index (χ0n) is 22.4. The van der Waals surface area contributed by atoms with Crippen molar-refractivity contribution in [3.05, 3.63) is 133 Å². The summed E-state index contributed by atoms with van der Waals surface area (Å²) in [6.07, 6.45) is 1.33. The van der Waals surface area contributed by atoms with Gasteiger partial charge >= 0.3 is 5.97 Å². The molecule has 2 N–H and O–H groups in total. The van der Waals surface area contributed by atoms with Crippen LogP contribution in [0.1, 0.15) is 41.5 Å². The lowest BCUT2D eigenvalue weighted by molar-refractivity contribution is -0.384. The summed E-state index contributed by atoms with van der Waals surface area (Å²) in [6, 6.07) is 24.2. The highest BCUT2D eigenvalue weighted by atomic mass is 35.5. The highest BCUT2D eigenvalue weighted by Gasteiger charge is 2.21. The van der Waals surface area contributed by atoms with E-state index < -0.39 is 16.8 Å². The topological polar surface area (TPSA) is 140 Å². The van der Waals surface area contributed by atoms with E-state index in [2.05, 4.69) is 15.8 Å². The van der Waals surface area contributed by atoms with Crippen LogP contribution >= 0.6 is 22.9 Å². The van der Waals surface area contributed by atoms with E-state index in [0.29, 0.717) is 32.5 Å². The largest absolute Gasteiger partial charge is 0.422 e. The van der Waals surface area contributed by atoms with Gasteiger partial charge in [-0.05, 0) is 61.5 Å². The van der Waals surface area contributed by atoms with E-state index in [0.717, 1.165) is 16.9 Å². The van der Waals surface area contributed by atoms with Crippen molar-refractivity contribution in [3.63, 3.8) is 0 Å². The number of hydrogen-bond acceptors (Lipinski definition) is 8. The Labute approximate surface area is 253 Å². The molecule has 0 fully saturated rings. The van der Waals surface area contributed by atoms with E-state index in [1.165, 1.54) is 24.4 Å². The van der Waals surface area contributed by atoms with Crippen LogP contribution in [0.4, 0.5) is 11.4 Å². The smallest absolute Gasteiger partial charge is 0.355 e. The van der Waals surface area contributed by atoms with Gasteiger partial charge in [-0.25, -0.2) is 10.2 Å². The van der Waals surface area contributed by atoms with Crippen molar-refractivity contribution in [1.29, 1.82) is 0 Å². The average molecular weight is 613 g/mol. The molecule has 2 amide bonds. The third-order valence-electron chi connectivity index (χ3n) is 6.22. The molecule has 12 heteroatoms. The van der Waals surface area contributed by atoms with E-state index >= 15 is 0 Å². The second kappa shape index (κ2) is 12.6. The summed E-state index contributed by atoms with van der Waals surface area (Å²) in [5.41, 5.74) is 5.11. The first-order valence-corrected chi connectivity index (χ1v) is 13.9. The average Bonchev–Trinajstić information content (AvgIpc) is 3.34. The number of carbonyl (C=O) groups excluding carboxylic acids is 3. The second-order valence-corrected chi connectivity index (χ2v) is 10.6. The minimum atomic E-state index is -0.742. The third-order valence-corrected chi connectivity index (χ3v) is 7.86. The van der Waals surface area contributed by atoms with Crippen molar-refractivity contribution >= 4 is 68.4 Å². The first kappa shape index (κ1) is 29.1. The standard InChI is InChI=1S/C31H21ClN4O6S/c1-18-6-8-19(9-7-18)29(37)34-22-12-10-20(11-13-22)30(38)35-33-17-21-4-2-3-5-25(21)42-31(39)28-27(32)24-15-14-23(36(40)41)16-26(24)43-28/h2-17H,1H3,(H,34,37)(H,35,38)/b33-17-. The SMILES string of the molecule is Cc1ccc(C(=O)Nc2ccc(C(=O)N/N=C\c3ccccc3OC(=O)c3sc4cc([N+](=O)[O-])ccc4c3Cl)cc2)cc1. The van der Waals surface area contributed by atoms with Gasteiger partial charge in [0.15, 0.2) is 0 Å². The Morgan fingerprint density at radius 2 is 1.60 bits per heavy atom. The first-order chi connectivity index (χ1) is 20.7. The number of nitrogens with one attached hydrogen (secondary N) is 2. The van der Waals surface area contributed by atoms with Gasteiger partial charge in [0.2, 0.25) is 0 Å². The van der Waals surface area contributed by atoms with Gasteiger partial charge < -0.3 is 10.1 Å². The molecule has 1 heterocycles. The quantitative estimate of drug-likeness (QED) is 0.0635. The molecule has 0 aliphatic rings. The maximum absolute atomic E-state index is 13.0. The van der Waals surface area contributed by atoms with Crippen molar-refractivity contribution < 1.29 is 24.0 Å². The van der Waals surface area contributed by atoms with Crippen LogP contribution in [0.3, 0.4) is 0 Å². The molecular formula is C31H21ClN4O6S. The Morgan fingerprint density at radius 3 is 2.33 bits per heavy atom. The number of non-ortho nitro benzene ring substituents is 1. The number of ether oxygens (including phenoxy) is 1. The predicted molar refractivity (Wildman–Crippen MR) is 166 cm³/mol. The number of nitro groups is 1. The van der Waals surface area contributed by atoms with Gasteiger partial charge in [-0.1, -0.05) is 41.4 Å². The van der Waals surface area contributed by atoms with E-state index in [9.17, 15) is 24.5 Å². The summed E-state index contributed by atoms with van der Waals surface area (Å²) in [6.45, 7) is 1.94. The zero-order valence-corrected chi connectivity index (χ0v) is 23.9. The summed E-state index contributed by atoms with van der Waals surface area (Å²) in [7, 11) is 0. The van der Waals surface area contributed by atoms with Crippen LogP contribution in [-0.2, 0) is 0 Å². The number of thiophene rings is 1. The monoisotopic (exact) mass is 612 g/mol. The fraction of sp³-hybridized carbons (Fsp3) is 0.0323. The predicted octanol–water partition coefficient (Wildman–Crippen LogP) is 7.01. The van der Waals surface area contributed by atoms with Crippen LogP contribution in [0.2, 0.25) is 5.02 Å². The van der Waals surface area contributed by atoms with Crippen LogP contribution in [0.5, 0.6) is 5.75 Å². The highest BCUT2D eigenvalue weighted by Crippen LogP contribution is 2.38. The maximum atomic E-state index is 13.0. The van der Waals surface area contributed by atoms with Gasteiger partial charge in [-0.3, -0.25) is 19.7 Å². The molecule has 4 aromatic carbocycles. The minimum absolute atomic E-state index is 0.0933. The van der Waals surface area contributed by atoms with Crippen molar-refractivity contribution in [3.8, 4) is 5.75 Å². The molecule has 0 saturated carbocycles. The van der Waals surface area contributed by atoms with Crippen LogP contribution in [0, 0.1) is 17.0 Å². The lowest BCUT2D eigenvalue weighted by Gasteiger charge is -2.07. The van der Waals surface area contributed by atoms with Crippen LogP contribution in [-0.4, -0.2) is 28.9 Å². The molecule has 5 aromatic rings. The van der Waals surface area contributed by atoms with E-state index in [1.807, 2.05) is 19.1 Å². The number of benzene rings is 4. The normalized spacial score (nSPS) is 10.9. The number of anilines is 1. The van der Waals surface area contributed by atoms with Crippen molar-refractivity contribution in [2.24, 2.45) is 5.10 Å². The van der Waals surface area contributed by atoms with Crippen molar-refractivity contribution in [1.82, 2.24) is 5.43 Å². The molecule has 0 bridgehead atoms. The number of hydrogen-bond donors (Lipinski definition) is 2. The summed E-state index contributed by atoms with van der Waals surface area (Å²) < 4.78 is 6.04. The fourth-order valence-corrected chi connectivity index (χ4v) is 5.38. The van der Waals surface area contributed by atoms with Crippen LogP contribution in [0.25, 0.3) is 10.1 Å². The maximum Gasteiger partial charge on any atom is 0.355 e. The molecule has 214 valence electrons. The zero-order chi connectivity index (χ0) is 30.5. The second-order valence-electron chi connectivity index (χ2n) is 9.21. The summed E-state index contributed by atoms with van der Waals surface area (Å²) in [5, 5.41) is 18.5. The molecule has 0 radical (unpaired) electrons. The number of aryl methyl sites for hydroxylation is 1. The van der Waals surface area contributed by atoms with Crippen molar-refractivity contribution in [2.75, 3.05) is 5.32 Å². The van der Waals surface area contributed by atoms with Crippen molar-refractivity contribution in [2.45, 2.75) is 6.92 Å². The lowest BCUT2D eigenvalue weighted by Crippen LogP contribution is -2.18. The number of rotatable bonds is 8. The molecule has 0 atom stereocenters. The number of fused-ring (bicyclic) bond motifs is 1. The van der Waals surface area contributed by atoms with Gasteiger partial charge in [0, 0.05) is 44.6 Å². The fourth-order valence-electron chi connectivity index (χ4n) is 3.96. The Kier molecular flexibility index (Phi) is 8.56.